The summed E-state index contributed by atoms with van der Waals surface area (Å²) in [5.41, 5.74) is 1.85. The molecule has 0 radical (unpaired) electrons. The fourth-order valence-electron chi connectivity index (χ4n) is 2.99. The minimum absolute atomic E-state index is 0.00491. The van der Waals surface area contributed by atoms with Crippen molar-refractivity contribution in [3.63, 3.8) is 0 Å². The molecule has 0 fully saturated rings. The van der Waals surface area contributed by atoms with E-state index in [2.05, 4.69) is 28.2 Å². The Balaban J connectivity index is 2.21. The zero-order valence-corrected chi connectivity index (χ0v) is 21.9. The van der Waals surface area contributed by atoms with E-state index < -0.39 is 6.04 Å². The molecule has 0 spiro atoms. The van der Waals surface area contributed by atoms with Gasteiger partial charge in [-0.25, -0.2) is 0 Å². The van der Waals surface area contributed by atoms with Gasteiger partial charge in [0.15, 0.2) is 6.61 Å². The number of aryl methyl sites for hydroxylation is 1. The second-order valence-electron chi connectivity index (χ2n) is 7.66. The number of rotatable bonds is 10. The van der Waals surface area contributed by atoms with Crippen LogP contribution in [0.25, 0.3) is 0 Å². The van der Waals surface area contributed by atoms with Crippen LogP contribution in [-0.2, 0) is 22.6 Å². The van der Waals surface area contributed by atoms with Gasteiger partial charge in [-0.1, -0.05) is 49.2 Å². The van der Waals surface area contributed by atoms with Gasteiger partial charge in [0.1, 0.15) is 11.8 Å². The van der Waals surface area contributed by atoms with E-state index >= 15 is 0 Å². The topological polar surface area (TPSA) is 58.6 Å². The van der Waals surface area contributed by atoms with Crippen molar-refractivity contribution < 1.29 is 14.3 Å². The summed E-state index contributed by atoms with van der Waals surface area (Å²) in [5, 5.41) is 3.87. The van der Waals surface area contributed by atoms with Crippen LogP contribution in [0.5, 0.6) is 5.75 Å². The number of benzene rings is 2. The molecule has 2 amide bonds. The quantitative estimate of drug-likeness (QED) is 0.398. The summed E-state index contributed by atoms with van der Waals surface area (Å²) in [5.74, 6) is 0.0114. The summed E-state index contributed by atoms with van der Waals surface area (Å²) in [6.07, 6.45) is 1.69. The SMILES string of the molecule is CCc1ccc(OCC(=O)N(Cc2ccc(Cl)cc2Cl)C(C)C(=O)NC(C)CC)c(Br)c1. The molecule has 0 aliphatic carbocycles. The van der Waals surface area contributed by atoms with Crippen LogP contribution in [-0.4, -0.2) is 35.4 Å². The van der Waals surface area contributed by atoms with E-state index in [1.807, 2.05) is 32.0 Å². The molecule has 0 aliphatic heterocycles. The Morgan fingerprint density at radius 1 is 1.12 bits per heavy atom. The Hall–Kier alpha value is -1.76. The Morgan fingerprint density at radius 2 is 1.84 bits per heavy atom. The highest BCUT2D eigenvalue weighted by Crippen LogP contribution is 2.27. The molecule has 174 valence electrons. The maximum Gasteiger partial charge on any atom is 0.261 e. The molecule has 0 bridgehead atoms. The highest BCUT2D eigenvalue weighted by atomic mass is 79.9. The van der Waals surface area contributed by atoms with E-state index in [0.717, 1.165) is 22.9 Å². The summed E-state index contributed by atoms with van der Waals surface area (Å²) in [6.45, 7) is 7.62. The molecule has 0 saturated carbocycles. The molecule has 2 atom stereocenters. The van der Waals surface area contributed by atoms with E-state index in [9.17, 15) is 9.59 Å². The van der Waals surface area contributed by atoms with Gasteiger partial charge in [-0.05, 0) is 78.0 Å². The van der Waals surface area contributed by atoms with Gasteiger partial charge in [-0.2, -0.15) is 0 Å². The maximum absolute atomic E-state index is 13.2. The van der Waals surface area contributed by atoms with Crippen molar-refractivity contribution in [2.75, 3.05) is 6.61 Å². The Bertz CT molecular complexity index is 955. The first-order valence-electron chi connectivity index (χ1n) is 10.6. The fraction of sp³-hybridized carbons (Fsp3) is 0.417. The van der Waals surface area contributed by atoms with Crippen LogP contribution in [0.4, 0.5) is 0 Å². The molecule has 2 rings (SSSR count). The van der Waals surface area contributed by atoms with E-state index in [0.29, 0.717) is 21.4 Å². The van der Waals surface area contributed by atoms with Crippen LogP contribution in [0.3, 0.4) is 0 Å². The highest BCUT2D eigenvalue weighted by molar-refractivity contribution is 9.10. The Labute approximate surface area is 208 Å². The van der Waals surface area contributed by atoms with Gasteiger partial charge in [-0.3, -0.25) is 9.59 Å². The van der Waals surface area contributed by atoms with Crippen molar-refractivity contribution in [3.05, 3.63) is 62.0 Å². The Morgan fingerprint density at radius 3 is 2.44 bits per heavy atom. The van der Waals surface area contributed by atoms with Crippen molar-refractivity contribution in [1.82, 2.24) is 10.2 Å². The lowest BCUT2D eigenvalue weighted by Gasteiger charge is -2.30. The van der Waals surface area contributed by atoms with E-state index in [1.54, 1.807) is 25.1 Å². The first-order valence-corrected chi connectivity index (χ1v) is 12.2. The zero-order valence-electron chi connectivity index (χ0n) is 18.8. The van der Waals surface area contributed by atoms with Gasteiger partial charge < -0.3 is 15.0 Å². The molecule has 0 saturated heterocycles. The van der Waals surface area contributed by atoms with Crippen LogP contribution in [0.2, 0.25) is 10.0 Å². The molecule has 5 nitrogen and oxygen atoms in total. The molecule has 0 aliphatic rings. The molecule has 32 heavy (non-hydrogen) atoms. The van der Waals surface area contributed by atoms with Crippen molar-refractivity contribution >= 4 is 50.9 Å². The summed E-state index contributed by atoms with van der Waals surface area (Å²) in [4.78, 5) is 27.4. The number of nitrogens with one attached hydrogen (secondary N) is 1. The maximum atomic E-state index is 13.2. The molecule has 2 aromatic rings. The lowest BCUT2D eigenvalue weighted by molar-refractivity contribution is -0.142. The molecular formula is C24H29BrCl2N2O3. The molecule has 8 heteroatoms. The predicted octanol–water partition coefficient (Wildman–Crippen LogP) is 6.03. The molecule has 2 unspecified atom stereocenters. The van der Waals surface area contributed by atoms with Crippen LogP contribution in [0.15, 0.2) is 40.9 Å². The number of hydrogen-bond acceptors (Lipinski definition) is 3. The molecule has 0 heterocycles. The van der Waals surface area contributed by atoms with Crippen molar-refractivity contribution in [2.24, 2.45) is 0 Å². The van der Waals surface area contributed by atoms with Crippen LogP contribution < -0.4 is 10.1 Å². The largest absolute Gasteiger partial charge is 0.483 e. The summed E-state index contributed by atoms with van der Waals surface area (Å²) in [6, 6.07) is 10.1. The van der Waals surface area contributed by atoms with Gasteiger partial charge in [-0.15, -0.1) is 0 Å². The predicted molar refractivity (Wildman–Crippen MR) is 133 cm³/mol. The van der Waals surface area contributed by atoms with Crippen LogP contribution in [0, 0.1) is 0 Å². The third kappa shape index (κ3) is 7.39. The van der Waals surface area contributed by atoms with E-state index in [4.69, 9.17) is 27.9 Å². The lowest BCUT2D eigenvalue weighted by Crippen LogP contribution is -2.50. The minimum Gasteiger partial charge on any atom is -0.483 e. The lowest BCUT2D eigenvalue weighted by atomic mass is 10.1. The number of hydrogen-bond donors (Lipinski definition) is 1. The van der Waals surface area contributed by atoms with Gasteiger partial charge in [0.25, 0.3) is 5.91 Å². The average molecular weight is 544 g/mol. The number of nitrogens with zero attached hydrogens (tertiary/aromatic N) is 1. The normalized spacial score (nSPS) is 12.7. The number of halogens is 3. The second-order valence-corrected chi connectivity index (χ2v) is 9.36. The van der Waals surface area contributed by atoms with Gasteiger partial charge in [0.05, 0.1) is 4.47 Å². The van der Waals surface area contributed by atoms with Gasteiger partial charge in [0.2, 0.25) is 5.91 Å². The molecule has 2 aromatic carbocycles. The monoisotopic (exact) mass is 542 g/mol. The van der Waals surface area contributed by atoms with Crippen molar-refractivity contribution in [1.29, 1.82) is 0 Å². The second kappa shape index (κ2) is 12.5. The fourth-order valence-corrected chi connectivity index (χ4v) is 3.99. The number of carbonyl (C=O) groups excluding carboxylic acids is 2. The third-order valence-electron chi connectivity index (χ3n) is 5.28. The van der Waals surface area contributed by atoms with Gasteiger partial charge in [0, 0.05) is 22.6 Å². The van der Waals surface area contributed by atoms with E-state index in [-0.39, 0.29) is 31.0 Å². The van der Waals surface area contributed by atoms with Gasteiger partial charge >= 0.3 is 0 Å². The summed E-state index contributed by atoms with van der Waals surface area (Å²) < 4.78 is 6.55. The minimum atomic E-state index is -0.710. The summed E-state index contributed by atoms with van der Waals surface area (Å²) >= 11 is 15.8. The number of amides is 2. The standard InChI is InChI=1S/C24H29BrCl2N2O3/c1-5-15(3)28-24(31)16(4)29(13-18-8-9-19(26)12-21(18)27)23(30)14-32-22-10-7-17(6-2)11-20(22)25/h7-12,15-16H,5-6,13-14H2,1-4H3,(H,28,31). The van der Waals surface area contributed by atoms with Crippen LogP contribution in [0.1, 0.15) is 45.2 Å². The zero-order chi connectivity index (χ0) is 23.8. The molecular weight excluding hydrogens is 515 g/mol. The number of carbonyl (C=O) groups is 2. The summed E-state index contributed by atoms with van der Waals surface area (Å²) in [7, 11) is 0. The Kier molecular flexibility index (Phi) is 10.3. The van der Waals surface area contributed by atoms with Crippen LogP contribution >= 0.6 is 39.1 Å². The molecule has 1 N–H and O–H groups in total. The molecule has 0 aromatic heterocycles. The number of ether oxygens (including phenoxy) is 1. The smallest absolute Gasteiger partial charge is 0.261 e. The third-order valence-corrected chi connectivity index (χ3v) is 6.49. The highest BCUT2D eigenvalue weighted by Gasteiger charge is 2.28. The first-order chi connectivity index (χ1) is 15.2. The first kappa shape index (κ1) is 26.5. The van der Waals surface area contributed by atoms with Crippen molar-refractivity contribution in [3.8, 4) is 5.75 Å². The van der Waals surface area contributed by atoms with Crippen molar-refractivity contribution in [2.45, 2.75) is 59.2 Å². The van der Waals surface area contributed by atoms with E-state index in [1.165, 1.54) is 4.90 Å². The average Bonchev–Trinajstić information content (AvgIpc) is 2.76.